The van der Waals surface area contributed by atoms with Gasteiger partial charge in [-0.1, -0.05) is 6.42 Å². The van der Waals surface area contributed by atoms with E-state index >= 15 is 0 Å². The molecule has 0 saturated carbocycles. The lowest BCUT2D eigenvalue weighted by Gasteiger charge is -2.20. The third-order valence-corrected chi connectivity index (χ3v) is 4.32. The van der Waals surface area contributed by atoms with Gasteiger partial charge >= 0.3 is 0 Å². The van der Waals surface area contributed by atoms with Gasteiger partial charge in [-0.15, -0.1) is 0 Å². The number of imidazole rings is 1. The van der Waals surface area contributed by atoms with Crippen LogP contribution >= 0.6 is 0 Å². The molecule has 1 aliphatic heterocycles. The standard InChI is InChI=1S/C18H21FN4O2/c1-13-20-8-10-23(13)16-7-6-14(19)11-15(16)21-17(24)12-22-9-4-2-3-5-18(22)25/h6-8,10-11H,2-5,9,12H2,1H3,(H,21,24). The first kappa shape index (κ1) is 17.1. The van der Waals surface area contributed by atoms with Gasteiger partial charge in [-0.25, -0.2) is 9.37 Å². The average molecular weight is 344 g/mol. The molecule has 1 fully saturated rings. The van der Waals surface area contributed by atoms with Crippen molar-refractivity contribution in [3.8, 4) is 5.69 Å². The third-order valence-electron chi connectivity index (χ3n) is 4.32. The number of likely N-dealkylation sites (tertiary alicyclic amines) is 1. The van der Waals surface area contributed by atoms with Crippen LogP contribution in [-0.2, 0) is 9.59 Å². The van der Waals surface area contributed by atoms with E-state index in [-0.39, 0.29) is 18.4 Å². The predicted octanol–water partition coefficient (Wildman–Crippen LogP) is 2.66. The highest BCUT2D eigenvalue weighted by atomic mass is 19.1. The zero-order valence-corrected chi connectivity index (χ0v) is 14.2. The van der Waals surface area contributed by atoms with E-state index in [1.807, 2.05) is 6.92 Å². The first-order valence-corrected chi connectivity index (χ1v) is 8.42. The van der Waals surface area contributed by atoms with Crippen LogP contribution in [0.1, 0.15) is 31.5 Å². The Morgan fingerprint density at radius 3 is 2.92 bits per heavy atom. The summed E-state index contributed by atoms with van der Waals surface area (Å²) in [5.74, 6) is -0.0510. The van der Waals surface area contributed by atoms with Gasteiger partial charge in [-0.3, -0.25) is 9.59 Å². The van der Waals surface area contributed by atoms with Crippen LogP contribution in [0, 0.1) is 12.7 Å². The maximum Gasteiger partial charge on any atom is 0.244 e. The average Bonchev–Trinajstić information content (AvgIpc) is 2.89. The summed E-state index contributed by atoms with van der Waals surface area (Å²) in [5, 5.41) is 2.73. The molecule has 6 nitrogen and oxygen atoms in total. The molecule has 2 aromatic rings. The second-order valence-electron chi connectivity index (χ2n) is 6.18. The van der Waals surface area contributed by atoms with E-state index in [9.17, 15) is 14.0 Å². The number of benzene rings is 1. The Kier molecular flexibility index (Phi) is 5.11. The lowest BCUT2D eigenvalue weighted by Crippen LogP contribution is -2.37. The van der Waals surface area contributed by atoms with Crippen LogP contribution in [0.2, 0.25) is 0 Å². The van der Waals surface area contributed by atoms with Crippen molar-refractivity contribution in [3.63, 3.8) is 0 Å². The number of halogens is 1. The molecule has 0 atom stereocenters. The molecule has 1 aliphatic rings. The lowest BCUT2D eigenvalue weighted by atomic mass is 10.2. The Bertz CT molecular complexity index is 787. The minimum Gasteiger partial charge on any atom is -0.333 e. The molecule has 1 N–H and O–H groups in total. The van der Waals surface area contributed by atoms with E-state index < -0.39 is 5.82 Å². The predicted molar refractivity (Wildman–Crippen MR) is 91.9 cm³/mol. The largest absolute Gasteiger partial charge is 0.333 e. The molecule has 7 heteroatoms. The van der Waals surface area contributed by atoms with Crippen LogP contribution in [0.15, 0.2) is 30.6 Å². The molecule has 2 heterocycles. The van der Waals surface area contributed by atoms with Crippen molar-refractivity contribution in [2.75, 3.05) is 18.4 Å². The number of anilines is 1. The van der Waals surface area contributed by atoms with Crippen LogP contribution in [0.5, 0.6) is 0 Å². The fourth-order valence-corrected chi connectivity index (χ4v) is 3.02. The van der Waals surface area contributed by atoms with Crippen molar-refractivity contribution in [2.24, 2.45) is 0 Å². The number of carbonyl (C=O) groups excluding carboxylic acids is 2. The van der Waals surface area contributed by atoms with Crippen molar-refractivity contribution in [1.29, 1.82) is 0 Å². The Morgan fingerprint density at radius 2 is 2.16 bits per heavy atom. The summed E-state index contributed by atoms with van der Waals surface area (Å²) >= 11 is 0. The summed E-state index contributed by atoms with van der Waals surface area (Å²) in [7, 11) is 0. The molecule has 1 aromatic heterocycles. The number of carbonyl (C=O) groups is 2. The number of hydrogen-bond acceptors (Lipinski definition) is 3. The van der Waals surface area contributed by atoms with Gasteiger partial charge in [0.05, 0.1) is 17.9 Å². The zero-order valence-electron chi connectivity index (χ0n) is 14.2. The van der Waals surface area contributed by atoms with Gasteiger partial charge in [0.25, 0.3) is 0 Å². The number of amides is 2. The maximum absolute atomic E-state index is 13.7. The smallest absolute Gasteiger partial charge is 0.244 e. The third kappa shape index (κ3) is 4.04. The normalized spacial score (nSPS) is 15.1. The van der Waals surface area contributed by atoms with Gasteiger partial charge in [0.2, 0.25) is 11.8 Å². The van der Waals surface area contributed by atoms with Crippen LogP contribution in [0.3, 0.4) is 0 Å². The maximum atomic E-state index is 13.7. The topological polar surface area (TPSA) is 67.2 Å². The molecule has 0 spiro atoms. The van der Waals surface area contributed by atoms with Crippen molar-refractivity contribution in [1.82, 2.24) is 14.5 Å². The van der Waals surface area contributed by atoms with Gasteiger partial charge in [0.15, 0.2) is 0 Å². The van der Waals surface area contributed by atoms with E-state index in [1.54, 1.807) is 27.9 Å². The summed E-state index contributed by atoms with van der Waals surface area (Å²) in [6.45, 7) is 2.39. The number of aromatic nitrogens is 2. The molecule has 0 bridgehead atoms. The summed E-state index contributed by atoms with van der Waals surface area (Å²) in [6, 6.07) is 4.20. The second kappa shape index (κ2) is 7.46. The molecular formula is C18H21FN4O2. The number of aryl methyl sites for hydroxylation is 1. The Hall–Kier alpha value is -2.70. The first-order valence-electron chi connectivity index (χ1n) is 8.42. The highest BCUT2D eigenvalue weighted by molar-refractivity contribution is 5.96. The Labute approximate surface area is 145 Å². The SMILES string of the molecule is Cc1nccn1-c1ccc(F)cc1NC(=O)CN1CCCCCC1=O. The van der Waals surface area contributed by atoms with Gasteiger partial charge in [-0.05, 0) is 38.0 Å². The molecule has 1 aromatic carbocycles. The number of hydrogen-bond donors (Lipinski definition) is 1. The summed E-state index contributed by atoms with van der Waals surface area (Å²) < 4.78 is 15.4. The molecule has 1 saturated heterocycles. The van der Waals surface area contributed by atoms with Gasteiger partial charge in [0.1, 0.15) is 11.6 Å². The minimum absolute atomic E-state index is 0.00225. The summed E-state index contributed by atoms with van der Waals surface area (Å²) in [4.78, 5) is 30.2. The number of rotatable bonds is 4. The van der Waals surface area contributed by atoms with E-state index in [0.717, 1.165) is 25.1 Å². The van der Waals surface area contributed by atoms with E-state index in [0.29, 0.717) is 24.3 Å². The van der Waals surface area contributed by atoms with Crippen LogP contribution in [-0.4, -0.2) is 39.4 Å². The summed E-state index contributed by atoms with van der Waals surface area (Å²) in [6.07, 6.45) is 6.63. The van der Waals surface area contributed by atoms with Crippen molar-refractivity contribution in [2.45, 2.75) is 32.6 Å². The quantitative estimate of drug-likeness (QED) is 0.927. The van der Waals surface area contributed by atoms with Gasteiger partial charge in [-0.2, -0.15) is 0 Å². The van der Waals surface area contributed by atoms with Crippen molar-refractivity contribution in [3.05, 3.63) is 42.2 Å². The molecule has 132 valence electrons. The molecular weight excluding hydrogens is 323 g/mol. The van der Waals surface area contributed by atoms with Gasteiger partial charge in [0, 0.05) is 25.4 Å². The first-order chi connectivity index (χ1) is 12.0. The van der Waals surface area contributed by atoms with Crippen LogP contribution in [0.4, 0.5) is 10.1 Å². The molecule has 25 heavy (non-hydrogen) atoms. The molecule has 2 amide bonds. The molecule has 0 radical (unpaired) electrons. The number of nitrogens with one attached hydrogen (secondary N) is 1. The fraction of sp³-hybridized carbons (Fsp3) is 0.389. The Balaban J connectivity index is 1.78. The van der Waals surface area contributed by atoms with E-state index in [4.69, 9.17) is 0 Å². The van der Waals surface area contributed by atoms with Crippen molar-refractivity contribution >= 4 is 17.5 Å². The van der Waals surface area contributed by atoms with Crippen molar-refractivity contribution < 1.29 is 14.0 Å². The van der Waals surface area contributed by atoms with Crippen LogP contribution < -0.4 is 5.32 Å². The van der Waals surface area contributed by atoms with Crippen LogP contribution in [0.25, 0.3) is 5.69 Å². The van der Waals surface area contributed by atoms with Gasteiger partial charge < -0.3 is 14.8 Å². The van der Waals surface area contributed by atoms with E-state index in [2.05, 4.69) is 10.3 Å². The minimum atomic E-state index is -0.442. The fourth-order valence-electron chi connectivity index (χ4n) is 3.02. The second-order valence-corrected chi connectivity index (χ2v) is 6.18. The zero-order chi connectivity index (χ0) is 17.8. The lowest BCUT2D eigenvalue weighted by molar-refractivity contribution is -0.134. The number of nitrogens with zero attached hydrogens (tertiary/aromatic N) is 3. The molecule has 0 unspecified atom stereocenters. The highest BCUT2D eigenvalue weighted by Gasteiger charge is 2.20. The molecule has 0 aliphatic carbocycles. The highest BCUT2D eigenvalue weighted by Crippen LogP contribution is 2.23. The monoisotopic (exact) mass is 344 g/mol. The summed E-state index contributed by atoms with van der Waals surface area (Å²) in [5.41, 5.74) is 0.986. The Morgan fingerprint density at radius 1 is 1.32 bits per heavy atom. The molecule has 3 rings (SSSR count). The van der Waals surface area contributed by atoms with E-state index in [1.165, 1.54) is 12.1 Å².